The lowest BCUT2D eigenvalue weighted by atomic mass is 9.98. The third-order valence-electron chi connectivity index (χ3n) is 4.21. The van der Waals surface area contributed by atoms with Gasteiger partial charge in [-0.15, -0.1) is 0 Å². The molecule has 140 valence electrons. The fraction of sp³-hybridized carbons (Fsp3) is 0.625. The lowest BCUT2D eigenvalue weighted by Crippen LogP contribution is -2.45. The van der Waals surface area contributed by atoms with Gasteiger partial charge in [-0.25, -0.2) is 17.5 Å². The van der Waals surface area contributed by atoms with Crippen LogP contribution >= 0.6 is 0 Å². The molecule has 1 aliphatic carbocycles. The van der Waals surface area contributed by atoms with Crippen LogP contribution in [0.5, 0.6) is 0 Å². The maximum absolute atomic E-state index is 12.3. The van der Waals surface area contributed by atoms with E-state index in [-0.39, 0.29) is 29.3 Å². The van der Waals surface area contributed by atoms with Gasteiger partial charge in [0, 0.05) is 21.0 Å². The molecular weight excluding hydrogens is 348 g/mol. The minimum atomic E-state index is -3.67. The number of sulfonamides is 1. The first-order valence-electron chi connectivity index (χ1n) is 8.17. The van der Waals surface area contributed by atoms with Crippen LogP contribution in [0.3, 0.4) is 0 Å². The van der Waals surface area contributed by atoms with E-state index in [0.717, 1.165) is 30.0 Å². The Hall–Kier alpha value is -1.87. The Morgan fingerprint density at radius 2 is 1.96 bits per heavy atom. The van der Waals surface area contributed by atoms with Gasteiger partial charge < -0.3 is 14.5 Å². The molecule has 1 N–H and O–H groups in total. The molecule has 1 amide bonds. The smallest absolute Gasteiger partial charge is 0.329 e. The lowest BCUT2D eigenvalue weighted by molar-refractivity contribution is -0.151. The summed E-state index contributed by atoms with van der Waals surface area (Å²) in [4.78, 5) is 23.7. The summed E-state index contributed by atoms with van der Waals surface area (Å²) in [5.41, 5.74) is 0. The zero-order valence-electron chi connectivity index (χ0n) is 14.6. The largest absolute Gasteiger partial charge is 0.456 e. The zero-order chi connectivity index (χ0) is 18.6. The lowest BCUT2D eigenvalue weighted by Gasteiger charge is -2.22. The standard InChI is InChI=1S/C16H24N2O6S/c1-11(19)17-15(12-6-4-5-7-12)16(20)23-10-13-8-9-14(24-13)25(21,22)18(2)3/h8-9,12,15H,4-7,10H2,1-3H3,(H,17,19). The molecule has 1 heterocycles. The normalized spacial score (nSPS) is 16.8. The van der Waals surface area contributed by atoms with Crippen molar-refractivity contribution >= 4 is 21.9 Å². The molecule has 25 heavy (non-hydrogen) atoms. The summed E-state index contributed by atoms with van der Waals surface area (Å²) in [5.74, 6) is -0.527. The molecule has 0 saturated heterocycles. The van der Waals surface area contributed by atoms with Crippen LogP contribution in [0.2, 0.25) is 0 Å². The number of carbonyl (C=O) groups excluding carboxylic acids is 2. The van der Waals surface area contributed by atoms with Crippen molar-refractivity contribution in [3.63, 3.8) is 0 Å². The van der Waals surface area contributed by atoms with E-state index >= 15 is 0 Å². The van der Waals surface area contributed by atoms with Gasteiger partial charge in [0.2, 0.25) is 11.0 Å². The van der Waals surface area contributed by atoms with Crippen molar-refractivity contribution in [1.82, 2.24) is 9.62 Å². The average molecular weight is 372 g/mol. The van der Waals surface area contributed by atoms with Crippen LogP contribution in [-0.4, -0.2) is 44.7 Å². The van der Waals surface area contributed by atoms with Gasteiger partial charge in [0.1, 0.15) is 18.4 Å². The minimum Gasteiger partial charge on any atom is -0.456 e. The highest BCUT2D eigenvalue weighted by Crippen LogP contribution is 2.28. The van der Waals surface area contributed by atoms with Crippen molar-refractivity contribution in [2.75, 3.05) is 14.1 Å². The van der Waals surface area contributed by atoms with E-state index in [0.29, 0.717) is 0 Å². The molecule has 1 atom stereocenters. The summed E-state index contributed by atoms with van der Waals surface area (Å²) in [6.45, 7) is 1.17. The summed E-state index contributed by atoms with van der Waals surface area (Å²) in [7, 11) is -0.871. The fourth-order valence-electron chi connectivity index (χ4n) is 2.87. The third kappa shape index (κ3) is 4.82. The molecule has 9 heteroatoms. The van der Waals surface area contributed by atoms with Crippen LogP contribution in [-0.2, 0) is 31.0 Å². The number of furan rings is 1. The second-order valence-corrected chi connectivity index (χ2v) is 8.42. The van der Waals surface area contributed by atoms with Crippen molar-refractivity contribution < 1.29 is 27.2 Å². The van der Waals surface area contributed by atoms with Gasteiger partial charge in [0.15, 0.2) is 0 Å². The van der Waals surface area contributed by atoms with E-state index in [9.17, 15) is 18.0 Å². The second-order valence-electron chi connectivity index (χ2n) is 6.34. The number of esters is 1. The van der Waals surface area contributed by atoms with Crippen LogP contribution in [0.1, 0.15) is 38.4 Å². The number of rotatable bonds is 7. The monoisotopic (exact) mass is 372 g/mol. The number of amides is 1. The van der Waals surface area contributed by atoms with E-state index in [1.807, 2.05) is 0 Å². The predicted octanol–water partition coefficient (Wildman–Crippen LogP) is 1.27. The minimum absolute atomic E-state index is 0.0673. The molecule has 1 aromatic heterocycles. The van der Waals surface area contributed by atoms with Gasteiger partial charge in [0.05, 0.1) is 0 Å². The highest BCUT2D eigenvalue weighted by Gasteiger charge is 2.32. The Morgan fingerprint density at radius 1 is 1.32 bits per heavy atom. The third-order valence-corrected chi connectivity index (χ3v) is 5.90. The van der Waals surface area contributed by atoms with Crippen LogP contribution in [0.4, 0.5) is 0 Å². The van der Waals surface area contributed by atoms with Crippen LogP contribution in [0.25, 0.3) is 0 Å². The molecule has 0 aromatic carbocycles. The maximum Gasteiger partial charge on any atom is 0.329 e. The van der Waals surface area contributed by atoms with Gasteiger partial charge in [-0.2, -0.15) is 0 Å². The maximum atomic E-state index is 12.3. The summed E-state index contributed by atoms with van der Waals surface area (Å²) in [6, 6.07) is 2.09. The Morgan fingerprint density at radius 3 is 2.52 bits per heavy atom. The topological polar surface area (TPSA) is 106 Å². The van der Waals surface area contributed by atoms with Crippen LogP contribution in [0.15, 0.2) is 21.6 Å². The second kappa shape index (κ2) is 8.01. The molecule has 2 rings (SSSR count). The summed E-state index contributed by atoms with van der Waals surface area (Å²) < 4.78 is 35.5. The van der Waals surface area contributed by atoms with E-state index in [2.05, 4.69) is 5.32 Å². The van der Waals surface area contributed by atoms with Gasteiger partial charge in [-0.1, -0.05) is 12.8 Å². The molecule has 1 aromatic rings. The first kappa shape index (κ1) is 19.5. The Labute approximate surface area is 147 Å². The first-order valence-corrected chi connectivity index (χ1v) is 9.61. The van der Waals surface area contributed by atoms with E-state index in [1.54, 1.807) is 0 Å². The molecule has 1 aliphatic rings. The fourth-order valence-corrected chi connectivity index (χ4v) is 3.68. The number of ether oxygens (including phenoxy) is 1. The SMILES string of the molecule is CC(=O)NC(C(=O)OCc1ccc(S(=O)(=O)N(C)C)o1)C1CCCC1. The highest BCUT2D eigenvalue weighted by molar-refractivity contribution is 7.88. The Balaban J connectivity index is 2.00. The summed E-state index contributed by atoms with van der Waals surface area (Å²) in [5, 5.41) is 2.45. The van der Waals surface area contributed by atoms with Gasteiger partial charge >= 0.3 is 5.97 Å². The summed E-state index contributed by atoms with van der Waals surface area (Å²) >= 11 is 0. The van der Waals surface area contributed by atoms with Crippen molar-refractivity contribution in [2.24, 2.45) is 5.92 Å². The predicted molar refractivity (Wildman–Crippen MR) is 88.9 cm³/mol. The average Bonchev–Trinajstić information content (AvgIpc) is 3.21. The van der Waals surface area contributed by atoms with Crippen LogP contribution < -0.4 is 5.32 Å². The molecular formula is C16H24N2O6S. The summed E-state index contributed by atoms with van der Waals surface area (Å²) in [6.07, 6.45) is 3.79. The molecule has 0 radical (unpaired) electrons. The zero-order valence-corrected chi connectivity index (χ0v) is 15.5. The number of hydrogen-bond acceptors (Lipinski definition) is 6. The quantitative estimate of drug-likeness (QED) is 0.723. The number of hydrogen-bond donors (Lipinski definition) is 1. The van der Waals surface area contributed by atoms with Gasteiger partial charge in [-0.3, -0.25) is 4.79 Å². The van der Waals surface area contributed by atoms with Gasteiger partial charge in [-0.05, 0) is 30.9 Å². The number of carbonyl (C=O) groups is 2. The van der Waals surface area contributed by atoms with Gasteiger partial charge in [0.25, 0.3) is 10.0 Å². The first-order chi connectivity index (χ1) is 11.7. The van der Waals surface area contributed by atoms with E-state index < -0.39 is 22.0 Å². The molecule has 8 nitrogen and oxygen atoms in total. The molecule has 1 saturated carbocycles. The van der Waals surface area contributed by atoms with E-state index in [1.165, 1.54) is 33.2 Å². The van der Waals surface area contributed by atoms with Crippen molar-refractivity contribution in [3.05, 3.63) is 17.9 Å². The van der Waals surface area contributed by atoms with Crippen molar-refractivity contribution in [1.29, 1.82) is 0 Å². The highest BCUT2D eigenvalue weighted by atomic mass is 32.2. The van der Waals surface area contributed by atoms with Crippen molar-refractivity contribution in [3.8, 4) is 0 Å². The van der Waals surface area contributed by atoms with Crippen molar-refractivity contribution in [2.45, 2.75) is 50.3 Å². The molecule has 0 aliphatic heterocycles. The Kier molecular flexibility index (Phi) is 6.23. The molecule has 1 unspecified atom stereocenters. The number of nitrogens with one attached hydrogen (secondary N) is 1. The van der Waals surface area contributed by atoms with E-state index in [4.69, 9.17) is 9.15 Å². The molecule has 0 bridgehead atoms. The van der Waals surface area contributed by atoms with Crippen LogP contribution in [0, 0.1) is 5.92 Å². The Bertz CT molecular complexity index is 719. The molecule has 0 spiro atoms. The number of nitrogens with zero attached hydrogens (tertiary/aromatic N) is 1. The molecule has 1 fully saturated rings.